The van der Waals surface area contributed by atoms with Gasteiger partial charge in [0.05, 0.1) is 6.10 Å². The fourth-order valence-corrected chi connectivity index (χ4v) is 3.42. The lowest BCUT2D eigenvalue weighted by molar-refractivity contribution is 0.133. The zero-order valence-corrected chi connectivity index (χ0v) is 10.4. The first kappa shape index (κ1) is 11.2. The molecule has 1 heterocycles. The minimum atomic E-state index is -0.346. The highest BCUT2D eigenvalue weighted by Gasteiger charge is 2.39. The Morgan fingerprint density at radius 3 is 2.71 bits per heavy atom. The van der Waals surface area contributed by atoms with E-state index in [1.54, 1.807) is 0 Å². The molecular weight excluding hydrogens is 210 g/mol. The Kier molecular flexibility index (Phi) is 2.93. The lowest BCUT2D eigenvalue weighted by atomic mass is 9.95. The number of hydrogen-bond acceptors (Lipinski definition) is 2. The third-order valence-corrected chi connectivity index (χ3v) is 4.44. The van der Waals surface area contributed by atoms with E-state index in [-0.39, 0.29) is 12.1 Å². The summed E-state index contributed by atoms with van der Waals surface area (Å²) in [6.45, 7) is 2.08. The van der Waals surface area contributed by atoms with Crippen molar-refractivity contribution < 1.29 is 5.11 Å². The second kappa shape index (κ2) is 4.43. The number of benzene rings is 1. The largest absolute Gasteiger partial charge is 0.387 e. The van der Waals surface area contributed by atoms with Gasteiger partial charge in [0, 0.05) is 12.1 Å². The molecule has 3 rings (SSSR count). The average molecular weight is 231 g/mol. The van der Waals surface area contributed by atoms with Crippen LogP contribution >= 0.6 is 0 Å². The van der Waals surface area contributed by atoms with Gasteiger partial charge < -0.3 is 10.4 Å². The van der Waals surface area contributed by atoms with Crippen LogP contribution in [0.15, 0.2) is 24.3 Å². The van der Waals surface area contributed by atoms with Gasteiger partial charge in [0.1, 0.15) is 0 Å². The van der Waals surface area contributed by atoms with E-state index in [1.165, 1.54) is 24.8 Å². The van der Waals surface area contributed by atoms with Crippen LogP contribution in [0.2, 0.25) is 0 Å². The molecule has 1 aromatic carbocycles. The fraction of sp³-hybridized carbons (Fsp3) is 0.600. The van der Waals surface area contributed by atoms with E-state index < -0.39 is 0 Å². The van der Waals surface area contributed by atoms with Gasteiger partial charge in [0.2, 0.25) is 0 Å². The molecule has 2 N–H and O–H groups in total. The van der Waals surface area contributed by atoms with E-state index in [4.69, 9.17) is 0 Å². The Morgan fingerprint density at radius 1 is 1.24 bits per heavy atom. The number of rotatable bonds is 2. The molecular formula is C15H21NO. The van der Waals surface area contributed by atoms with Gasteiger partial charge in [-0.05, 0) is 37.7 Å². The molecule has 4 atom stereocenters. The predicted molar refractivity (Wildman–Crippen MR) is 68.8 cm³/mol. The summed E-state index contributed by atoms with van der Waals surface area (Å²) in [5.74, 6) is 0.806. The molecule has 1 aromatic rings. The molecule has 0 amide bonds. The summed E-state index contributed by atoms with van der Waals surface area (Å²) in [5.41, 5.74) is 2.30. The van der Waals surface area contributed by atoms with Gasteiger partial charge in [-0.2, -0.15) is 0 Å². The number of aryl methyl sites for hydroxylation is 1. The van der Waals surface area contributed by atoms with Crippen molar-refractivity contribution in [1.29, 1.82) is 0 Å². The quantitative estimate of drug-likeness (QED) is 0.820. The predicted octanol–water partition coefficient (Wildman–Crippen LogP) is 2.56. The molecule has 2 nitrogen and oxygen atoms in total. The minimum absolute atomic E-state index is 0.257. The number of aliphatic hydroxyl groups is 1. The van der Waals surface area contributed by atoms with Crippen molar-refractivity contribution in [3.05, 3.63) is 35.4 Å². The van der Waals surface area contributed by atoms with Crippen molar-refractivity contribution in [1.82, 2.24) is 5.32 Å². The molecule has 1 aliphatic heterocycles. The van der Waals surface area contributed by atoms with E-state index in [0.717, 1.165) is 17.9 Å². The van der Waals surface area contributed by atoms with Gasteiger partial charge in [0.25, 0.3) is 0 Å². The van der Waals surface area contributed by atoms with Crippen LogP contribution in [0.25, 0.3) is 0 Å². The Bertz CT molecular complexity index is 374. The number of hydrogen-bond donors (Lipinski definition) is 2. The van der Waals surface area contributed by atoms with E-state index in [1.807, 2.05) is 0 Å². The van der Waals surface area contributed by atoms with Gasteiger partial charge in [-0.3, -0.25) is 0 Å². The van der Waals surface area contributed by atoms with Crippen LogP contribution in [0.1, 0.15) is 42.9 Å². The molecule has 2 aliphatic rings. The lowest BCUT2D eigenvalue weighted by Crippen LogP contribution is -2.33. The monoisotopic (exact) mass is 231 g/mol. The highest BCUT2D eigenvalue weighted by atomic mass is 16.3. The van der Waals surface area contributed by atoms with Crippen LogP contribution in [-0.4, -0.2) is 17.2 Å². The summed E-state index contributed by atoms with van der Waals surface area (Å²) in [6, 6.07) is 9.18. The first-order valence-corrected chi connectivity index (χ1v) is 6.75. The molecule has 0 spiro atoms. The fourth-order valence-electron chi connectivity index (χ4n) is 3.42. The molecule has 0 aromatic heterocycles. The van der Waals surface area contributed by atoms with Crippen molar-refractivity contribution in [2.75, 3.05) is 0 Å². The van der Waals surface area contributed by atoms with E-state index in [9.17, 15) is 5.11 Å². The number of nitrogens with one attached hydrogen (secondary N) is 1. The maximum Gasteiger partial charge on any atom is 0.0943 e. The Balaban J connectivity index is 1.70. The highest BCUT2D eigenvalue weighted by Crippen LogP contribution is 2.38. The summed E-state index contributed by atoms with van der Waals surface area (Å²) in [5, 5.41) is 14.0. The molecule has 1 saturated carbocycles. The third-order valence-electron chi connectivity index (χ3n) is 4.44. The molecule has 1 aliphatic carbocycles. The SMILES string of the molecule is Cc1ccc([C@H](O)[C@@H]2C[C@H]3CCC[C@H]3N2)cc1. The maximum absolute atomic E-state index is 10.4. The number of aliphatic hydroxyl groups excluding tert-OH is 1. The first-order chi connectivity index (χ1) is 8.24. The molecule has 92 valence electrons. The summed E-state index contributed by atoms with van der Waals surface area (Å²) in [7, 11) is 0. The average Bonchev–Trinajstić information content (AvgIpc) is 2.89. The smallest absolute Gasteiger partial charge is 0.0943 e. The maximum atomic E-state index is 10.4. The lowest BCUT2D eigenvalue weighted by Gasteiger charge is -2.20. The topological polar surface area (TPSA) is 32.3 Å². The Hall–Kier alpha value is -0.860. The van der Waals surface area contributed by atoms with Gasteiger partial charge in [-0.25, -0.2) is 0 Å². The second-order valence-electron chi connectivity index (χ2n) is 5.66. The minimum Gasteiger partial charge on any atom is -0.387 e. The van der Waals surface area contributed by atoms with Crippen LogP contribution < -0.4 is 5.32 Å². The molecule has 0 bridgehead atoms. The summed E-state index contributed by atoms with van der Waals surface area (Å²) < 4.78 is 0. The zero-order valence-electron chi connectivity index (χ0n) is 10.4. The highest BCUT2D eigenvalue weighted by molar-refractivity contribution is 5.24. The molecule has 0 radical (unpaired) electrons. The van der Waals surface area contributed by atoms with Crippen molar-refractivity contribution in [3.63, 3.8) is 0 Å². The second-order valence-corrected chi connectivity index (χ2v) is 5.66. The molecule has 2 heteroatoms. The van der Waals surface area contributed by atoms with Gasteiger partial charge in [-0.1, -0.05) is 36.2 Å². The van der Waals surface area contributed by atoms with E-state index >= 15 is 0 Å². The van der Waals surface area contributed by atoms with Crippen molar-refractivity contribution in [2.24, 2.45) is 5.92 Å². The summed E-state index contributed by atoms with van der Waals surface area (Å²) >= 11 is 0. The molecule has 1 saturated heterocycles. The summed E-state index contributed by atoms with van der Waals surface area (Å²) in [6.07, 6.45) is 4.78. The standard InChI is InChI=1S/C15H21NO/c1-10-5-7-11(8-6-10)15(17)14-9-12-3-2-4-13(12)16-14/h5-8,12-17H,2-4,9H2,1H3/t12-,13-,14+,15+/m1/s1. The van der Waals surface area contributed by atoms with Crippen molar-refractivity contribution in [2.45, 2.75) is 50.8 Å². The van der Waals surface area contributed by atoms with E-state index in [2.05, 4.69) is 36.5 Å². The van der Waals surface area contributed by atoms with Gasteiger partial charge in [-0.15, -0.1) is 0 Å². The first-order valence-electron chi connectivity index (χ1n) is 6.75. The Morgan fingerprint density at radius 2 is 2.00 bits per heavy atom. The molecule has 2 fully saturated rings. The van der Waals surface area contributed by atoms with Crippen molar-refractivity contribution >= 4 is 0 Å². The third kappa shape index (κ3) is 2.12. The van der Waals surface area contributed by atoms with Crippen molar-refractivity contribution in [3.8, 4) is 0 Å². The molecule has 17 heavy (non-hydrogen) atoms. The summed E-state index contributed by atoms with van der Waals surface area (Å²) in [4.78, 5) is 0. The van der Waals surface area contributed by atoms with Gasteiger partial charge >= 0.3 is 0 Å². The van der Waals surface area contributed by atoms with Crippen LogP contribution in [0.4, 0.5) is 0 Å². The van der Waals surface area contributed by atoms with Crippen LogP contribution in [0.3, 0.4) is 0 Å². The Labute approximate surface area is 103 Å². The number of fused-ring (bicyclic) bond motifs is 1. The van der Waals surface area contributed by atoms with Crippen LogP contribution in [0, 0.1) is 12.8 Å². The normalized spacial score (nSPS) is 33.6. The van der Waals surface area contributed by atoms with Gasteiger partial charge in [0.15, 0.2) is 0 Å². The van der Waals surface area contributed by atoms with Crippen LogP contribution in [-0.2, 0) is 0 Å². The van der Waals surface area contributed by atoms with Crippen LogP contribution in [0.5, 0.6) is 0 Å². The zero-order chi connectivity index (χ0) is 11.8. The molecule has 0 unspecified atom stereocenters. The van der Waals surface area contributed by atoms with E-state index in [0.29, 0.717) is 6.04 Å².